The number of nitriles is 1. The Hall–Kier alpha value is -3.95. The molecule has 0 saturated heterocycles. The summed E-state index contributed by atoms with van der Waals surface area (Å²) >= 11 is 0. The SMILES string of the molecule is N#Cc1ccc(N(Cc2[nH+]c(-c3cccc(N=O)c3)no2)CC(F)(F)F)cc1C(F)(F)F. The Bertz CT molecular complexity index is 1170. The van der Waals surface area contributed by atoms with Crippen LogP contribution in [-0.4, -0.2) is 17.9 Å². The van der Waals surface area contributed by atoms with Crippen LogP contribution in [0.2, 0.25) is 0 Å². The monoisotopic (exact) mass is 456 g/mol. The Balaban J connectivity index is 1.95. The molecule has 0 fully saturated rings. The first-order valence-corrected chi connectivity index (χ1v) is 8.75. The van der Waals surface area contributed by atoms with Crippen LogP contribution in [0.1, 0.15) is 17.0 Å². The molecule has 0 bridgehead atoms. The lowest BCUT2D eigenvalue weighted by atomic mass is 10.1. The number of benzene rings is 2. The van der Waals surface area contributed by atoms with Gasteiger partial charge in [0.2, 0.25) is 0 Å². The van der Waals surface area contributed by atoms with Crippen LogP contribution >= 0.6 is 0 Å². The van der Waals surface area contributed by atoms with Crippen LogP contribution in [0, 0.1) is 16.2 Å². The molecule has 0 amide bonds. The van der Waals surface area contributed by atoms with Crippen LogP contribution in [0.5, 0.6) is 0 Å². The molecular formula is C19H12F6N5O2+. The number of nitrogens with one attached hydrogen (secondary N) is 1. The zero-order valence-electron chi connectivity index (χ0n) is 15.8. The highest BCUT2D eigenvalue weighted by Gasteiger charge is 2.36. The topological polar surface area (TPSA) is 96.6 Å². The predicted molar refractivity (Wildman–Crippen MR) is 97.2 cm³/mol. The van der Waals surface area contributed by atoms with Crippen molar-refractivity contribution in [3.8, 4) is 17.5 Å². The van der Waals surface area contributed by atoms with Gasteiger partial charge < -0.3 is 4.90 Å². The van der Waals surface area contributed by atoms with Crippen molar-refractivity contribution in [1.29, 1.82) is 5.26 Å². The predicted octanol–water partition coefficient (Wildman–Crippen LogP) is 5.01. The second-order valence-corrected chi connectivity index (χ2v) is 6.53. The Morgan fingerprint density at radius 3 is 2.50 bits per heavy atom. The second-order valence-electron chi connectivity index (χ2n) is 6.53. The lowest BCUT2D eigenvalue weighted by Crippen LogP contribution is -2.35. The Kier molecular flexibility index (Phi) is 6.15. The normalized spacial score (nSPS) is 11.8. The number of aromatic nitrogens is 2. The molecule has 0 aliphatic rings. The van der Waals surface area contributed by atoms with E-state index in [1.54, 1.807) is 0 Å². The van der Waals surface area contributed by atoms with E-state index in [0.717, 1.165) is 12.1 Å². The number of rotatable bonds is 6. The molecule has 7 nitrogen and oxygen atoms in total. The van der Waals surface area contributed by atoms with Crippen molar-refractivity contribution in [1.82, 2.24) is 5.16 Å². The minimum Gasteiger partial charge on any atom is -0.351 e. The third-order valence-corrected chi connectivity index (χ3v) is 4.23. The lowest BCUT2D eigenvalue weighted by Gasteiger charge is -2.24. The molecule has 0 atom stereocenters. The summed E-state index contributed by atoms with van der Waals surface area (Å²) in [6.07, 6.45) is -9.69. The molecule has 166 valence electrons. The van der Waals surface area contributed by atoms with Crippen LogP contribution < -0.4 is 9.88 Å². The molecule has 2 aromatic carbocycles. The maximum atomic E-state index is 13.2. The van der Waals surface area contributed by atoms with Gasteiger partial charge in [0.25, 0.3) is 0 Å². The third-order valence-electron chi connectivity index (χ3n) is 4.23. The van der Waals surface area contributed by atoms with E-state index >= 15 is 0 Å². The number of nitrogens with zero attached hydrogens (tertiary/aromatic N) is 4. The number of hydrogen-bond acceptors (Lipinski definition) is 6. The van der Waals surface area contributed by atoms with Gasteiger partial charge in [0.15, 0.2) is 5.16 Å². The van der Waals surface area contributed by atoms with E-state index in [-0.39, 0.29) is 17.4 Å². The lowest BCUT2D eigenvalue weighted by molar-refractivity contribution is -0.385. The highest BCUT2D eigenvalue weighted by Crippen LogP contribution is 2.35. The van der Waals surface area contributed by atoms with Gasteiger partial charge in [0, 0.05) is 5.69 Å². The van der Waals surface area contributed by atoms with Crippen molar-refractivity contribution in [3.05, 3.63) is 64.4 Å². The number of nitroso groups, excluding NO2 is 1. The zero-order chi connectivity index (χ0) is 23.5. The molecule has 0 spiro atoms. The van der Waals surface area contributed by atoms with E-state index in [0.29, 0.717) is 16.5 Å². The highest BCUT2D eigenvalue weighted by molar-refractivity contribution is 5.58. The number of aromatic amines is 1. The summed E-state index contributed by atoms with van der Waals surface area (Å²) in [5, 5.41) is 15.3. The largest absolute Gasteiger partial charge is 0.417 e. The maximum Gasteiger partial charge on any atom is 0.417 e. The summed E-state index contributed by atoms with van der Waals surface area (Å²) in [7, 11) is 0. The Morgan fingerprint density at radius 1 is 1.12 bits per heavy atom. The van der Waals surface area contributed by atoms with Gasteiger partial charge in [-0.25, -0.2) is 9.51 Å². The van der Waals surface area contributed by atoms with E-state index < -0.39 is 42.3 Å². The molecule has 0 unspecified atom stereocenters. The fourth-order valence-electron chi connectivity index (χ4n) is 2.87. The van der Waals surface area contributed by atoms with E-state index in [2.05, 4.69) is 15.3 Å². The number of alkyl halides is 6. The van der Waals surface area contributed by atoms with Crippen molar-refractivity contribution in [3.63, 3.8) is 0 Å². The Morgan fingerprint density at radius 2 is 1.88 bits per heavy atom. The van der Waals surface area contributed by atoms with Gasteiger partial charge in [-0.15, -0.1) is 4.91 Å². The fourth-order valence-corrected chi connectivity index (χ4v) is 2.87. The average Bonchev–Trinajstić information content (AvgIpc) is 3.20. The minimum absolute atomic E-state index is 0.0771. The zero-order valence-corrected chi connectivity index (χ0v) is 15.8. The second kappa shape index (κ2) is 8.66. The summed E-state index contributed by atoms with van der Waals surface area (Å²) in [6.45, 7) is -2.20. The third kappa shape index (κ3) is 5.39. The van der Waals surface area contributed by atoms with Gasteiger partial charge >= 0.3 is 24.1 Å². The Labute approximate surface area is 175 Å². The molecule has 13 heteroatoms. The van der Waals surface area contributed by atoms with Crippen molar-refractivity contribution in [2.45, 2.75) is 18.9 Å². The smallest absolute Gasteiger partial charge is 0.351 e. The first kappa shape index (κ1) is 22.7. The number of halogens is 6. The number of anilines is 1. The molecule has 3 rings (SSSR count). The summed E-state index contributed by atoms with van der Waals surface area (Å²) in [5.74, 6) is -0.111. The maximum absolute atomic E-state index is 13.2. The van der Waals surface area contributed by atoms with Gasteiger partial charge in [0.05, 0.1) is 22.8 Å². The van der Waals surface area contributed by atoms with Crippen molar-refractivity contribution < 1.29 is 35.8 Å². The van der Waals surface area contributed by atoms with E-state index in [9.17, 15) is 31.2 Å². The van der Waals surface area contributed by atoms with Gasteiger partial charge in [0.1, 0.15) is 18.8 Å². The molecule has 1 aromatic heterocycles. The number of hydrogen-bond donors (Lipinski definition) is 0. The van der Waals surface area contributed by atoms with Crippen LogP contribution in [0.3, 0.4) is 0 Å². The average molecular weight is 456 g/mol. The van der Waals surface area contributed by atoms with E-state index in [1.807, 2.05) is 0 Å². The van der Waals surface area contributed by atoms with Crippen molar-refractivity contribution >= 4 is 11.4 Å². The minimum atomic E-state index is -4.94. The van der Waals surface area contributed by atoms with Crippen LogP contribution in [0.25, 0.3) is 11.4 Å². The van der Waals surface area contributed by atoms with E-state index in [1.165, 1.54) is 30.3 Å². The first-order valence-electron chi connectivity index (χ1n) is 8.75. The van der Waals surface area contributed by atoms with Crippen LogP contribution in [-0.2, 0) is 12.7 Å². The summed E-state index contributed by atoms with van der Waals surface area (Å²) in [6, 6.07) is 9.44. The van der Waals surface area contributed by atoms with Crippen LogP contribution in [0.15, 0.2) is 52.2 Å². The molecule has 0 aliphatic heterocycles. The quantitative estimate of drug-likeness (QED) is 0.384. The standard InChI is InChI=1S/C19H11F6N5O2/c20-18(21,22)10-30(14-5-4-12(8-26)15(7-14)19(23,24)25)9-16-27-17(29-32-16)11-2-1-3-13(6-11)28-31/h1-7H,9-10H2/p+1. The molecule has 0 saturated carbocycles. The summed E-state index contributed by atoms with van der Waals surface area (Å²) < 4.78 is 84.1. The first-order chi connectivity index (χ1) is 15.0. The fraction of sp³-hybridized carbons (Fsp3) is 0.211. The molecule has 0 aliphatic carbocycles. The molecule has 1 N–H and O–H groups in total. The van der Waals surface area contributed by atoms with Gasteiger partial charge in [-0.05, 0) is 41.6 Å². The van der Waals surface area contributed by atoms with Gasteiger partial charge in [-0.3, -0.25) is 0 Å². The van der Waals surface area contributed by atoms with Crippen molar-refractivity contribution in [2.75, 3.05) is 11.4 Å². The number of H-pyrrole nitrogens is 1. The van der Waals surface area contributed by atoms with Gasteiger partial charge in [-0.1, -0.05) is 6.07 Å². The summed E-state index contributed by atoms with van der Waals surface area (Å²) in [4.78, 5) is 13.9. The molecule has 3 aromatic rings. The summed E-state index contributed by atoms with van der Waals surface area (Å²) in [5.41, 5.74) is -2.06. The molecule has 0 radical (unpaired) electrons. The molecular weight excluding hydrogens is 444 g/mol. The van der Waals surface area contributed by atoms with Crippen LogP contribution in [0.4, 0.5) is 37.7 Å². The van der Waals surface area contributed by atoms with E-state index in [4.69, 9.17) is 9.78 Å². The van der Waals surface area contributed by atoms with Gasteiger partial charge in [-0.2, -0.15) is 31.6 Å². The van der Waals surface area contributed by atoms with Crippen molar-refractivity contribution in [2.24, 2.45) is 5.18 Å². The molecule has 32 heavy (non-hydrogen) atoms. The molecule has 1 heterocycles. The highest BCUT2D eigenvalue weighted by atomic mass is 19.4.